The maximum absolute atomic E-state index is 10.4. The average molecular weight is 364 g/mol. The van der Waals surface area contributed by atoms with Crippen LogP contribution in [0, 0.1) is 0 Å². The van der Waals surface area contributed by atoms with Crippen molar-refractivity contribution in [1.82, 2.24) is 0 Å². The molecular weight excluding hydrogens is 344 g/mol. The van der Waals surface area contributed by atoms with Gasteiger partial charge in [0.2, 0.25) is 0 Å². The Bertz CT molecular complexity index is 684. The van der Waals surface area contributed by atoms with Crippen molar-refractivity contribution >= 4 is 11.9 Å². The van der Waals surface area contributed by atoms with E-state index in [0.717, 1.165) is 0 Å². The molecule has 0 spiro atoms. The Balaban J connectivity index is 0.000000260. The number of hydrogen-bond acceptors (Lipinski definition) is 6. The predicted molar refractivity (Wildman–Crippen MR) is 91.4 cm³/mol. The minimum absolute atomic E-state index is 0.121. The first-order valence-corrected chi connectivity index (χ1v) is 7.56. The zero-order chi connectivity index (χ0) is 19.5. The summed E-state index contributed by atoms with van der Waals surface area (Å²) in [5.74, 6) is -1.21. The fourth-order valence-corrected chi connectivity index (χ4v) is 1.54. The molecule has 2 atom stereocenters. The van der Waals surface area contributed by atoms with Gasteiger partial charge in [-0.25, -0.2) is 9.59 Å². The molecule has 0 aliphatic carbocycles. The number of carbonyl (C=O) groups is 2. The third-order valence-electron chi connectivity index (χ3n) is 2.93. The minimum Gasteiger partial charge on any atom is -0.508 e. The van der Waals surface area contributed by atoms with E-state index in [2.05, 4.69) is 0 Å². The summed E-state index contributed by atoms with van der Waals surface area (Å²) in [5, 5.41) is 34.6. The lowest BCUT2D eigenvalue weighted by Crippen LogP contribution is -2.26. The molecule has 2 aromatic rings. The van der Waals surface area contributed by atoms with E-state index in [1.807, 2.05) is 6.07 Å². The molecule has 8 heteroatoms. The number of para-hydroxylation sites is 1. The summed E-state index contributed by atoms with van der Waals surface area (Å²) in [7, 11) is 0. The van der Waals surface area contributed by atoms with E-state index in [1.165, 1.54) is 31.2 Å². The van der Waals surface area contributed by atoms with Crippen LogP contribution in [0.5, 0.6) is 17.2 Å². The smallest absolute Gasteiger partial charge is 0.344 e. The Labute approximate surface area is 149 Å². The number of aliphatic hydroxyl groups excluding tert-OH is 1. The van der Waals surface area contributed by atoms with Gasteiger partial charge in [-0.2, -0.15) is 0 Å². The second-order valence-electron chi connectivity index (χ2n) is 5.07. The van der Waals surface area contributed by atoms with Crippen LogP contribution < -0.4 is 9.47 Å². The number of benzene rings is 2. The van der Waals surface area contributed by atoms with Crippen molar-refractivity contribution < 1.29 is 39.5 Å². The van der Waals surface area contributed by atoms with Gasteiger partial charge in [0, 0.05) is 0 Å². The molecule has 0 aliphatic heterocycles. The van der Waals surface area contributed by atoms with Gasteiger partial charge in [0.15, 0.2) is 12.2 Å². The number of phenols is 1. The molecule has 0 fully saturated rings. The molecule has 0 amide bonds. The summed E-state index contributed by atoms with van der Waals surface area (Å²) in [4.78, 5) is 20.6. The lowest BCUT2D eigenvalue weighted by atomic mass is 10.3. The largest absolute Gasteiger partial charge is 0.508 e. The van der Waals surface area contributed by atoms with Crippen molar-refractivity contribution in [3.63, 3.8) is 0 Å². The average Bonchev–Trinajstić information content (AvgIpc) is 2.62. The Hall–Kier alpha value is -3.26. The Morgan fingerprint density at radius 2 is 1.50 bits per heavy atom. The van der Waals surface area contributed by atoms with Crippen LogP contribution in [0.15, 0.2) is 54.6 Å². The van der Waals surface area contributed by atoms with Crippen LogP contribution in [0.1, 0.15) is 6.92 Å². The van der Waals surface area contributed by atoms with E-state index in [9.17, 15) is 9.59 Å². The number of hydrogen-bond donors (Lipinski definition) is 4. The summed E-state index contributed by atoms with van der Waals surface area (Å²) in [6.07, 6.45) is -2.36. The molecule has 4 N–H and O–H groups in total. The van der Waals surface area contributed by atoms with Crippen LogP contribution in [0.4, 0.5) is 0 Å². The fraction of sp³-hybridized carbons (Fsp3) is 0.222. The van der Waals surface area contributed by atoms with Gasteiger partial charge in [-0.3, -0.25) is 0 Å². The van der Waals surface area contributed by atoms with E-state index in [4.69, 9.17) is 29.9 Å². The molecule has 2 unspecified atom stereocenters. The number of aromatic hydroxyl groups is 1. The number of aliphatic hydroxyl groups is 1. The highest BCUT2D eigenvalue weighted by Gasteiger charge is 2.13. The van der Waals surface area contributed by atoms with Crippen molar-refractivity contribution in [1.29, 1.82) is 0 Å². The maximum atomic E-state index is 10.4. The van der Waals surface area contributed by atoms with Gasteiger partial charge in [0.05, 0.1) is 0 Å². The third kappa shape index (κ3) is 8.02. The number of aliphatic carboxylic acids is 2. The van der Waals surface area contributed by atoms with E-state index in [0.29, 0.717) is 11.5 Å². The Morgan fingerprint density at radius 3 is 2.00 bits per heavy atom. The lowest BCUT2D eigenvalue weighted by molar-refractivity contribution is -0.148. The highest BCUT2D eigenvalue weighted by molar-refractivity contribution is 5.72. The molecule has 0 saturated carbocycles. The molecule has 0 saturated heterocycles. The van der Waals surface area contributed by atoms with Crippen LogP contribution >= 0.6 is 0 Å². The number of rotatable bonds is 7. The summed E-state index contributed by atoms with van der Waals surface area (Å²) in [5.41, 5.74) is 0. The van der Waals surface area contributed by atoms with Gasteiger partial charge in [-0.15, -0.1) is 0 Å². The van der Waals surface area contributed by atoms with Gasteiger partial charge in [0.1, 0.15) is 23.9 Å². The van der Waals surface area contributed by atoms with Gasteiger partial charge in [0.25, 0.3) is 0 Å². The predicted octanol–water partition coefficient (Wildman–Crippen LogP) is 1.75. The normalized spacial score (nSPS) is 12.1. The molecular formula is C18H20O8. The topological polar surface area (TPSA) is 134 Å². The van der Waals surface area contributed by atoms with Crippen molar-refractivity contribution in [2.24, 2.45) is 0 Å². The molecule has 2 rings (SSSR count). The molecule has 0 aromatic heterocycles. The first-order valence-electron chi connectivity index (χ1n) is 7.56. The van der Waals surface area contributed by atoms with Crippen molar-refractivity contribution in [3.05, 3.63) is 54.6 Å². The van der Waals surface area contributed by atoms with Crippen molar-refractivity contribution in [3.8, 4) is 17.2 Å². The first-order chi connectivity index (χ1) is 12.3. The van der Waals surface area contributed by atoms with Gasteiger partial charge >= 0.3 is 11.9 Å². The molecule has 2 aromatic carbocycles. The van der Waals surface area contributed by atoms with Crippen LogP contribution in [-0.4, -0.2) is 51.2 Å². The number of carboxylic acid groups (broad SMARTS) is 2. The van der Waals surface area contributed by atoms with E-state index in [1.54, 1.807) is 24.3 Å². The number of ether oxygens (including phenoxy) is 2. The summed E-state index contributed by atoms with van der Waals surface area (Å²) < 4.78 is 10.0. The van der Waals surface area contributed by atoms with Crippen LogP contribution in [-0.2, 0) is 9.59 Å². The zero-order valence-corrected chi connectivity index (χ0v) is 14.0. The fourth-order valence-electron chi connectivity index (χ4n) is 1.54. The number of phenolic OH excluding ortho intramolecular Hbond substituents is 1. The van der Waals surface area contributed by atoms with Crippen LogP contribution in [0.2, 0.25) is 0 Å². The second-order valence-corrected chi connectivity index (χ2v) is 5.07. The highest BCUT2D eigenvalue weighted by Crippen LogP contribution is 2.17. The van der Waals surface area contributed by atoms with Crippen LogP contribution in [0.25, 0.3) is 0 Å². The van der Waals surface area contributed by atoms with Gasteiger partial charge < -0.3 is 29.9 Å². The summed E-state index contributed by atoms with van der Waals surface area (Å²) in [6.45, 7) is 1.20. The quantitative estimate of drug-likeness (QED) is 0.584. The highest BCUT2D eigenvalue weighted by atomic mass is 16.5. The second kappa shape index (κ2) is 10.6. The Kier molecular flexibility index (Phi) is 8.45. The molecule has 26 heavy (non-hydrogen) atoms. The molecule has 0 heterocycles. The molecule has 0 aliphatic rings. The minimum atomic E-state index is -1.47. The standard InChI is InChI=1S/2C9H10O4/c1-6(9(11)12)13-8-4-2-7(10)3-5-8;10-8(9(11)12)6-13-7-4-2-1-3-5-7/h2-6,10H,1H3,(H,11,12);1-5,8,10H,6H2,(H,11,12). The number of carboxylic acids is 2. The lowest BCUT2D eigenvalue weighted by Gasteiger charge is -2.09. The van der Waals surface area contributed by atoms with Crippen LogP contribution in [0.3, 0.4) is 0 Å². The SMILES string of the molecule is CC(Oc1ccc(O)cc1)C(=O)O.O=C(O)C(O)COc1ccccc1. The van der Waals surface area contributed by atoms with E-state index in [-0.39, 0.29) is 12.4 Å². The van der Waals surface area contributed by atoms with Crippen molar-refractivity contribution in [2.75, 3.05) is 6.61 Å². The van der Waals surface area contributed by atoms with Gasteiger partial charge in [-0.1, -0.05) is 18.2 Å². The monoisotopic (exact) mass is 364 g/mol. The molecule has 8 nitrogen and oxygen atoms in total. The summed E-state index contributed by atoms with van der Waals surface area (Å²) >= 11 is 0. The summed E-state index contributed by atoms with van der Waals surface area (Å²) in [6, 6.07) is 14.6. The first kappa shape index (κ1) is 20.8. The maximum Gasteiger partial charge on any atom is 0.344 e. The zero-order valence-electron chi connectivity index (χ0n) is 14.0. The Morgan fingerprint density at radius 1 is 0.923 bits per heavy atom. The molecule has 0 bridgehead atoms. The molecule has 140 valence electrons. The van der Waals surface area contributed by atoms with E-state index < -0.39 is 24.1 Å². The third-order valence-corrected chi connectivity index (χ3v) is 2.93. The van der Waals surface area contributed by atoms with Gasteiger partial charge in [-0.05, 0) is 43.3 Å². The van der Waals surface area contributed by atoms with E-state index >= 15 is 0 Å². The molecule has 0 radical (unpaired) electrons. The van der Waals surface area contributed by atoms with Crippen molar-refractivity contribution in [2.45, 2.75) is 19.1 Å².